The molecule has 106 valence electrons. The Kier molecular flexibility index (Phi) is 4.87. The van der Waals surface area contributed by atoms with Crippen LogP contribution in [0.25, 0.3) is 0 Å². The van der Waals surface area contributed by atoms with E-state index in [9.17, 15) is 0 Å². The molecule has 1 aliphatic rings. The summed E-state index contributed by atoms with van der Waals surface area (Å²) in [6.07, 6.45) is 4.17. The molecule has 1 aromatic rings. The highest BCUT2D eigenvalue weighted by atomic mass is 32.2. The maximum absolute atomic E-state index is 5.56. The van der Waals surface area contributed by atoms with E-state index < -0.39 is 0 Å². The molecular formula is C13H22N4OS. The summed E-state index contributed by atoms with van der Waals surface area (Å²) < 4.78 is 5.56. The van der Waals surface area contributed by atoms with E-state index in [1.807, 2.05) is 12.3 Å². The summed E-state index contributed by atoms with van der Waals surface area (Å²) in [7, 11) is 0. The van der Waals surface area contributed by atoms with Gasteiger partial charge in [0.05, 0.1) is 12.1 Å². The molecule has 0 saturated carbocycles. The van der Waals surface area contributed by atoms with Crippen LogP contribution in [0.5, 0.6) is 0 Å². The molecule has 6 heteroatoms. The monoisotopic (exact) mass is 282 g/mol. The van der Waals surface area contributed by atoms with Gasteiger partial charge in [-0.15, -0.1) is 0 Å². The fraction of sp³-hybridized carbons (Fsp3) is 0.692. The van der Waals surface area contributed by atoms with Gasteiger partial charge in [-0.3, -0.25) is 0 Å². The van der Waals surface area contributed by atoms with Crippen molar-refractivity contribution >= 4 is 23.4 Å². The normalized spacial score (nSPS) is 23.1. The summed E-state index contributed by atoms with van der Waals surface area (Å²) in [6.45, 7) is 6.68. The topological polar surface area (TPSA) is 59.1 Å². The lowest BCUT2D eigenvalue weighted by Crippen LogP contribution is -2.43. The van der Waals surface area contributed by atoms with Crippen molar-refractivity contribution in [1.29, 1.82) is 0 Å². The predicted molar refractivity (Wildman–Crippen MR) is 80.1 cm³/mol. The lowest BCUT2D eigenvalue weighted by molar-refractivity contribution is 0.0538. The third kappa shape index (κ3) is 3.98. The van der Waals surface area contributed by atoms with Crippen LogP contribution in [0.2, 0.25) is 0 Å². The van der Waals surface area contributed by atoms with E-state index in [1.54, 1.807) is 11.8 Å². The number of hydrogen-bond donors (Lipinski definition) is 2. The molecule has 1 fully saturated rings. The first-order valence-corrected chi connectivity index (χ1v) is 7.90. The van der Waals surface area contributed by atoms with Crippen LogP contribution in [0.4, 0.5) is 11.6 Å². The number of thioether (sulfide) groups is 1. The van der Waals surface area contributed by atoms with E-state index in [0.717, 1.165) is 49.4 Å². The molecule has 0 radical (unpaired) electrons. The van der Waals surface area contributed by atoms with Crippen LogP contribution in [0.3, 0.4) is 0 Å². The van der Waals surface area contributed by atoms with E-state index in [-0.39, 0.29) is 5.54 Å². The molecule has 0 aliphatic carbocycles. The van der Waals surface area contributed by atoms with Gasteiger partial charge in [0.1, 0.15) is 11.6 Å². The third-order valence-corrected chi connectivity index (χ3v) is 3.66. The molecule has 5 nitrogen and oxygen atoms in total. The minimum atomic E-state index is -0.0359. The Labute approximate surface area is 118 Å². The number of nitrogens with zero attached hydrogens (tertiary/aromatic N) is 2. The number of nitrogens with one attached hydrogen (secondary N) is 2. The zero-order valence-electron chi connectivity index (χ0n) is 11.8. The molecule has 1 aliphatic heterocycles. The Balaban J connectivity index is 2.16. The lowest BCUT2D eigenvalue weighted by atomic mass is 9.95. The van der Waals surface area contributed by atoms with Crippen molar-refractivity contribution in [3.8, 4) is 0 Å². The van der Waals surface area contributed by atoms with Gasteiger partial charge in [0.15, 0.2) is 5.16 Å². The number of rotatable bonds is 5. The first-order valence-electron chi connectivity index (χ1n) is 6.68. The minimum absolute atomic E-state index is 0.0359. The lowest BCUT2D eigenvalue weighted by Gasteiger charge is -2.34. The van der Waals surface area contributed by atoms with Crippen LogP contribution in [0, 0.1) is 0 Å². The molecule has 0 aromatic carbocycles. The van der Waals surface area contributed by atoms with Crippen molar-refractivity contribution in [1.82, 2.24) is 9.97 Å². The standard InChI is InChI=1S/C13H22N4OS/c1-4-14-10-8-11(16-12(15-10)19-3)17-13(2)6-5-7-18-9-13/h8H,4-7,9H2,1-3H3,(H2,14,15,16,17). The molecule has 19 heavy (non-hydrogen) atoms. The van der Waals surface area contributed by atoms with E-state index in [2.05, 4.69) is 34.4 Å². The summed E-state index contributed by atoms with van der Waals surface area (Å²) in [4.78, 5) is 8.95. The molecule has 1 aromatic heterocycles. The average Bonchev–Trinajstić information content (AvgIpc) is 2.39. The van der Waals surface area contributed by atoms with Crippen LogP contribution in [-0.4, -0.2) is 41.5 Å². The number of anilines is 2. The summed E-state index contributed by atoms with van der Waals surface area (Å²) >= 11 is 1.55. The van der Waals surface area contributed by atoms with E-state index in [0.29, 0.717) is 0 Å². The van der Waals surface area contributed by atoms with Gasteiger partial charge in [0, 0.05) is 19.2 Å². The first kappa shape index (κ1) is 14.4. The Hall–Kier alpha value is -1.01. The van der Waals surface area contributed by atoms with Crippen molar-refractivity contribution in [3.63, 3.8) is 0 Å². The molecule has 2 rings (SSSR count). The van der Waals surface area contributed by atoms with E-state index in [1.165, 1.54) is 0 Å². The largest absolute Gasteiger partial charge is 0.379 e. The zero-order valence-corrected chi connectivity index (χ0v) is 12.6. The van der Waals surface area contributed by atoms with Gasteiger partial charge >= 0.3 is 0 Å². The highest BCUT2D eigenvalue weighted by Gasteiger charge is 2.28. The molecular weight excluding hydrogens is 260 g/mol. The Morgan fingerprint density at radius 3 is 2.84 bits per heavy atom. The molecule has 2 N–H and O–H groups in total. The van der Waals surface area contributed by atoms with Crippen molar-refractivity contribution in [2.24, 2.45) is 0 Å². The van der Waals surface area contributed by atoms with E-state index in [4.69, 9.17) is 4.74 Å². The van der Waals surface area contributed by atoms with Gasteiger partial charge in [0.2, 0.25) is 0 Å². The molecule has 0 bridgehead atoms. The van der Waals surface area contributed by atoms with Crippen molar-refractivity contribution in [2.45, 2.75) is 37.4 Å². The quantitative estimate of drug-likeness (QED) is 0.639. The molecule has 1 saturated heterocycles. The number of aromatic nitrogens is 2. The van der Waals surface area contributed by atoms with Crippen LogP contribution in [-0.2, 0) is 4.74 Å². The summed E-state index contributed by atoms with van der Waals surface area (Å²) in [5.41, 5.74) is -0.0359. The van der Waals surface area contributed by atoms with Crippen LogP contribution >= 0.6 is 11.8 Å². The van der Waals surface area contributed by atoms with Crippen LogP contribution < -0.4 is 10.6 Å². The average molecular weight is 282 g/mol. The SMILES string of the molecule is CCNc1cc(NC2(C)CCCOC2)nc(SC)n1. The second kappa shape index (κ2) is 6.43. The van der Waals surface area contributed by atoms with Crippen molar-refractivity contribution in [2.75, 3.05) is 36.6 Å². The van der Waals surface area contributed by atoms with Crippen LogP contribution in [0.1, 0.15) is 26.7 Å². The minimum Gasteiger partial charge on any atom is -0.379 e. The van der Waals surface area contributed by atoms with Gasteiger partial charge in [-0.25, -0.2) is 9.97 Å². The maximum atomic E-state index is 5.56. The zero-order chi connectivity index (χ0) is 13.7. The Bertz CT molecular complexity index is 421. The van der Waals surface area contributed by atoms with Crippen LogP contribution in [0.15, 0.2) is 11.2 Å². The number of ether oxygens (including phenoxy) is 1. The smallest absolute Gasteiger partial charge is 0.191 e. The first-order chi connectivity index (χ1) is 9.15. The maximum Gasteiger partial charge on any atom is 0.191 e. The summed E-state index contributed by atoms with van der Waals surface area (Å²) in [6, 6.07) is 1.96. The summed E-state index contributed by atoms with van der Waals surface area (Å²) in [5, 5.41) is 7.52. The van der Waals surface area contributed by atoms with Gasteiger partial charge in [-0.1, -0.05) is 11.8 Å². The molecule has 0 spiro atoms. The van der Waals surface area contributed by atoms with Crippen molar-refractivity contribution in [3.05, 3.63) is 6.07 Å². The molecule has 0 amide bonds. The third-order valence-electron chi connectivity index (χ3n) is 3.11. The fourth-order valence-electron chi connectivity index (χ4n) is 2.19. The van der Waals surface area contributed by atoms with E-state index >= 15 is 0 Å². The number of hydrogen-bond acceptors (Lipinski definition) is 6. The highest BCUT2D eigenvalue weighted by molar-refractivity contribution is 7.98. The predicted octanol–water partition coefficient (Wildman–Crippen LogP) is 2.61. The molecule has 2 heterocycles. The second-order valence-electron chi connectivity index (χ2n) is 5.00. The van der Waals surface area contributed by atoms with Gasteiger partial charge in [0.25, 0.3) is 0 Å². The van der Waals surface area contributed by atoms with Gasteiger partial charge < -0.3 is 15.4 Å². The Morgan fingerprint density at radius 2 is 2.21 bits per heavy atom. The van der Waals surface area contributed by atoms with Gasteiger partial charge in [-0.05, 0) is 32.9 Å². The van der Waals surface area contributed by atoms with Gasteiger partial charge in [-0.2, -0.15) is 0 Å². The molecule has 1 atom stereocenters. The second-order valence-corrected chi connectivity index (χ2v) is 5.77. The highest BCUT2D eigenvalue weighted by Crippen LogP contribution is 2.25. The summed E-state index contributed by atoms with van der Waals surface area (Å²) in [5.74, 6) is 1.73. The Morgan fingerprint density at radius 1 is 1.42 bits per heavy atom. The molecule has 1 unspecified atom stereocenters. The fourth-order valence-corrected chi connectivity index (χ4v) is 2.57. The van der Waals surface area contributed by atoms with Crippen molar-refractivity contribution < 1.29 is 4.74 Å².